The minimum absolute atomic E-state index is 0.376. The van der Waals surface area contributed by atoms with Gasteiger partial charge in [0.05, 0.1) is 0 Å². The lowest BCUT2D eigenvalue weighted by atomic mass is 9.67. The maximum Gasteiger partial charge on any atom is 0.136 e. The first kappa shape index (κ1) is 8.02. The van der Waals surface area contributed by atoms with Gasteiger partial charge in [0.15, 0.2) is 0 Å². The molecule has 0 aromatic heterocycles. The van der Waals surface area contributed by atoms with Crippen molar-refractivity contribution in [2.75, 3.05) is 0 Å². The SMILES string of the molecule is C[C@@H]1C[C@H]2[C@@H]3CC[C@@H](C3)[C@@H]2CC1=O. The van der Waals surface area contributed by atoms with Crippen molar-refractivity contribution in [1.29, 1.82) is 0 Å². The summed E-state index contributed by atoms with van der Waals surface area (Å²) in [7, 11) is 0. The lowest BCUT2D eigenvalue weighted by molar-refractivity contribution is -0.127. The molecule has 0 saturated heterocycles. The lowest BCUT2D eigenvalue weighted by Crippen LogP contribution is -2.34. The molecule has 0 spiro atoms. The molecule has 0 aromatic rings. The van der Waals surface area contributed by atoms with E-state index < -0.39 is 0 Å². The number of rotatable bonds is 0. The van der Waals surface area contributed by atoms with Crippen LogP contribution in [0, 0.1) is 29.6 Å². The van der Waals surface area contributed by atoms with E-state index in [0.29, 0.717) is 11.7 Å². The highest BCUT2D eigenvalue weighted by Gasteiger charge is 2.50. The quantitative estimate of drug-likeness (QED) is 0.557. The van der Waals surface area contributed by atoms with Crippen LogP contribution in [0.3, 0.4) is 0 Å². The van der Waals surface area contributed by atoms with Crippen LogP contribution in [0.1, 0.15) is 39.0 Å². The zero-order valence-electron chi connectivity index (χ0n) is 8.33. The smallest absolute Gasteiger partial charge is 0.136 e. The molecule has 72 valence electrons. The Morgan fingerprint density at radius 1 is 1.08 bits per heavy atom. The molecule has 1 heteroatoms. The van der Waals surface area contributed by atoms with Gasteiger partial charge in [-0.15, -0.1) is 0 Å². The van der Waals surface area contributed by atoms with Crippen molar-refractivity contribution >= 4 is 5.78 Å². The molecule has 3 saturated carbocycles. The van der Waals surface area contributed by atoms with Crippen LogP contribution in [-0.4, -0.2) is 5.78 Å². The molecule has 3 aliphatic rings. The molecule has 0 amide bonds. The van der Waals surface area contributed by atoms with Crippen LogP contribution in [0.4, 0.5) is 0 Å². The normalized spacial score (nSPS) is 53.9. The van der Waals surface area contributed by atoms with Gasteiger partial charge in [0.25, 0.3) is 0 Å². The lowest BCUT2D eigenvalue weighted by Gasteiger charge is -2.36. The van der Waals surface area contributed by atoms with Gasteiger partial charge in [-0.25, -0.2) is 0 Å². The standard InChI is InChI=1S/C12H18O/c1-7-4-10-8-2-3-9(5-8)11(10)6-12(7)13/h7-11H,2-6H2,1H3/t7-,8-,9+,10+,11+/m1/s1. The molecule has 2 bridgehead atoms. The van der Waals surface area contributed by atoms with E-state index in [9.17, 15) is 4.79 Å². The third-order valence-electron chi connectivity index (χ3n) is 4.89. The highest BCUT2D eigenvalue weighted by atomic mass is 16.1. The number of Topliss-reactive ketones (excluding diaryl/α,β-unsaturated/α-hetero) is 1. The molecule has 13 heavy (non-hydrogen) atoms. The van der Waals surface area contributed by atoms with E-state index in [2.05, 4.69) is 6.92 Å². The summed E-state index contributed by atoms with van der Waals surface area (Å²) in [6.45, 7) is 2.13. The Bertz CT molecular complexity index is 246. The number of hydrogen-bond donors (Lipinski definition) is 0. The van der Waals surface area contributed by atoms with Crippen LogP contribution in [0.15, 0.2) is 0 Å². The molecule has 3 rings (SSSR count). The summed E-state index contributed by atoms with van der Waals surface area (Å²) in [6.07, 6.45) is 6.48. The monoisotopic (exact) mass is 178 g/mol. The summed E-state index contributed by atoms with van der Waals surface area (Å²) < 4.78 is 0. The summed E-state index contributed by atoms with van der Waals surface area (Å²) in [5.74, 6) is 4.61. The largest absolute Gasteiger partial charge is 0.299 e. The third-order valence-corrected chi connectivity index (χ3v) is 4.89. The first-order valence-electron chi connectivity index (χ1n) is 5.78. The Labute approximate surface area is 79.9 Å². The number of fused-ring (bicyclic) bond motifs is 5. The second kappa shape index (κ2) is 2.59. The van der Waals surface area contributed by atoms with E-state index in [1.54, 1.807) is 0 Å². The first-order chi connectivity index (χ1) is 6.25. The number of carbonyl (C=O) groups excluding carboxylic acids is 1. The second-order valence-corrected chi connectivity index (χ2v) is 5.47. The molecular formula is C12H18O. The van der Waals surface area contributed by atoms with Crippen LogP contribution in [0.5, 0.6) is 0 Å². The van der Waals surface area contributed by atoms with Gasteiger partial charge in [0.1, 0.15) is 5.78 Å². The molecule has 0 N–H and O–H groups in total. The van der Waals surface area contributed by atoms with Crippen molar-refractivity contribution in [3.63, 3.8) is 0 Å². The van der Waals surface area contributed by atoms with E-state index in [0.717, 1.165) is 30.1 Å². The van der Waals surface area contributed by atoms with E-state index in [-0.39, 0.29) is 0 Å². The zero-order chi connectivity index (χ0) is 9.00. The maximum atomic E-state index is 11.6. The zero-order valence-corrected chi connectivity index (χ0v) is 8.33. The number of hydrogen-bond acceptors (Lipinski definition) is 1. The highest BCUT2D eigenvalue weighted by Crippen LogP contribution is 2.57. The van der Waals surface area contributed by atoms with Crippen LogP contribution in [0.2, 0.25) is 0 Å². The van der Waals surface area contributed by atoms with Crippen molar-refractivity contribution in [2.24, 2.45) is 29.6 Å². The Balaban J connectivity index is 1.84. The first-order valence-corrected chi connectivity index (χ1v) is 5.78. The van der Waals surface area contributed by atoms with Gasteiger partial charge < -0.3 is 0 Å². The highest BCUT2D eigenvalue weighted by molar-refractivity contribution is 5.81. The number of carbonyl (C=O) groups is 1. The van der Waals surface area contributed by atoms with Gasteiger partial charge in [-0.1, -0.05) is 6.92 Å². The number of ketones is 1. The molecule has 5 atom stereocenters. The Kier molecular flexibility index (Phi) is 1.59. The van der Waals surface area contributed by atoms with Crippen molar-refractivity contribution in [1.82, 2.24) is 0 Å². The van der Waals surface area contributed by atoms with Crippen molar-refractivity contribution in [3.05, 3.63) is 0 Å². The van der Waals surface area contributed by atoms with Gasteiger partial charge in [0, 0.05) is 12.3 Å². The van der Waals surface area contributed by atoms with Crippen LogP contribution in [0.25, 0.3) is 0 Å². The fraction of sp³-hybridized carbons (Fsp3) is 0.917. The molecule has 3 aliphatic carbocycles. The van der Waals surface area contributed by atoms with E-state index in [4.69, 9.17) is 0 Å². The van der Waals surface area contributed by atoms with Crippen LogP contribution < -0.4 is 0 Å². The topological polar surface area (TPSA) is 17.1 Å². The average Bonchev–Trinajstić information content (AvgIpc) is 2.67. The second-order valence-electron chi connectivity index (χ2n) is 5.47. The summed E-state index contributed by atoms with van der Waals surface area (Å²) in [5.41, 5.74) is 0. The Morgan fingerprint density at radius 2 is 1.77 bits per heavy atom. The Morgan fingerprint density at radius 3 is 2.54 bits per heavy atom. The van der Waals surface area contributed by atoms with E-state index in [1.165, 1.54) is 25.7 Å². The van der Waals surface area contributed by atoms with E-state index in [1.807, 2.05) is 0 Å². The van der Waals surface area contributed by atoms with Crippen LogP contribution in [-0.2, 0) is 4.79 Å². The molecular weight excluding hydrogens is 160 g/mol. The molecule has 0 radical (unpaired) electrons. The molecule has 0 unspecified atom stereocenters. The van der Waals surface area contributed by atoms with Crippen LogP contribution >= 0.6 is 0 Å². The minimum Gasteiger partial charge on any atom is -0.299 e. The van der Waals surface area contributed by atoms with E-state index >= 15 is 0 Å². The molecule has 0 aliphatic heterocycles. The molecule has 1 nitrogen and oxygen atoms in total. The minimum atomic E-state index is 0.376. The van der Waals surface area contributed by atoms with Crippen molar-refractivity contribution in [3.8, 4) is 0 Å². The van der Waals surface area contributed by atoms with Gasteiger partial charge in [-0.05, 0) is 49.4 Å². The van der Waals surface area contributed by atoms with Gasteiger partial charge >= 0.3 is 0 Å². The van der Waals surface area contributed by atoms with Gasteiger partial charge in [-0.3, -0.25) is 4.79 Å². The molecule has 0 heterocycles. The van der Waals surface area contributed by atoms with Crippen molar-refractivity contribution in [2.45, 2.75) is 39.0 Å². The predicted octanol–water partition coefficient (Wildman–Crippen LogP) is 2.65. The molecule has 3 fully saturated rings. The fourth-order valence-electron chi connectivity index (χ4n) is 4.19. The maximum absolute atomic E-state index is 11.6. The third kappa shape index (κ3) is 1.02. The summed E-state index contributed by atoms with van der Waals surface area (Å²) in [5, 5.41) is 0. The predicted molar refractivity (Wildman–Crippen MR) is 51.2 cm³/mol. The van der Waals surface area contributed by atoms with Gasteiger partial charge in [0.2, 0.25) is 0 Å². The fourth-order valence-corrected chi connectivity index (χ4v) is 4.19. The molecule has 0 aromatic carbocycles. The Hall–Kier alpha value is -0.330. The summed E-state index contributed by atoms with van der Waals surface area (Å²) in [4.78, 5) is 11.6. The summed E-state index contributed by atoms with van der Waals surface area (Å²) in [6, 6.07) is 0. The van der Waals surface area contributed by atoms with Crippen molar-refractivity contribution < 1.29 is 4.79 Å². The average molecular weight is 178 g/mol. The summed E-state index contributed by atoms with van der Waals surface area (Å²) >= 11 is 0. The van der Waals surface area contributed by atoms with Gasteiger partial charge in [-0.2, -0.15) is 0 Å².